The molecule has 1 fully saturated rings. The van der Waals surface area contributed by atoms with E-state index in [0.717, 1.165) is 36.9 Å². The van der Waals surface area contributed by atoms with Gasteiger partial charge in [0.1, 0.15) is 0 Å². The number of hydrogen-bond acceptors (Lipinski definition) is 5. The third-order valence-corrected chi connectivity index (χ3v) is 5.74. The summed E-state index contributed by atoms with van der Waals surface area (Å²) in [5.74, 6) is 0.480. The van der Waals surface area contributed by atoms with E-state index < -0.39 is 17.3 Å². The number of ketones is 1. The maximum Gasteiger partial charge on any atom is 0.332 e. The minimum atomic E-state index is -0.635. The third-order valence-electron chi connectivity index (χ3n) is 5.74. The maximum absolute atomic E-state index is 13.2. The lowest BCUT2D eigenvalue weighted by Crippen LogP contribution is -2.38. The van der Waals surface area contributed by atoms with E-state index in [9.17, 15) is 14.4 Å². The summed E-state index contributed by atoms with van der Waals surface area (Å²) in [7, 11) is 3.05. The van der Waals surface area contributed by atoms with Crippen LogP contribution in [0.25, 0.3) is 11.2 Å². The van der Waals surface area contributed by atoms with Crippen molar-refractivity contribution in [1.82, 2.24) is 18.7 Å². The fourth-order valence-corrected chi connectivity index (χ4v) is 4.05. The Bertz CT molecular complexity index is 1180. The SMILES string of the molecule is C[C@@H](C(=O)c1ccccc1)n1c(N2CCCCC2)nc2c1c(=O)n(C)c(=O)n2C. The first kappa shape index (κ1) is 19.2. The van der Waals surface area contributed by atoms with Gasteiger partial charge in [0.2, 0.25) is 5.95 Å². The molecular formula is C21H25N5O3. The zero-order valence-corrected chi connectivity index (χ0v) is 17.0. The van der Waals surface area contributed by atoms with Crippen molar-refractivity contribution in [1.29, 1.82) is 0 Å². The van der Waals surface area contributed by atoms with Crippen LogP contribution in [0.15, 0.2) is 39.9 Å². The first-order chi connectivity index (χ1) is 13.9. The van der Waals surface area contributed by atoms with Crippen LogP contribution < -0.4 is 16.1 Å². The van der Waals surface area contributed by atoms with Crippen LogP contribution in [0.5, 0.6) is 0 Å². The molecule has 1 atom stereocenters. The van der Waals surface area contributed by atoms with Crippen molar-refractivity contribution in [2.24, 2.45) is 14.1 Å². The predicted molar refractivity (Wildman–Crippen MR) is 112 cm³/mol. The van der Waals surface area contributed by atoms with E-state index in [1.54, 1.807) is 30.7 Å². The highest BCUT2D eigenvalue weighted by Crippen LogP contribution is 2.28. The molecule has 0 unspecified atom stereocenters. The van der Waals surface area contributed by atoms with Crippen molar-refractivity contribution < 1.29 is 4.79 Å². The Kier molecular flexibility index (Phi) is 4.86. The fourth-order valence-electron chi connectivity index (χ4n) is 4.05. The van der Waals surface area contributed by atoms with Crippen molar-refractivity contribution >= 4 is 22.9 Å². The maximum atomic E-state index is 13.2. The summed E-state index contributed by atoms with van der Waals surface area (Å²) in [6, 6.07) is 8.40. The number of hydrogen-bond donors (Lipinski definition) is 0. The van der Waals surface area contributed by atoms with Gasteiger partial charge in [-0.15, -0.1) is 0 Å². The molecule has 29 heavy (non-hydrogen) atoms. The molecule has 8 heteroatoms. The summed E-state index contributed by atoms with van der Waals surface area (Å²) in [6.07, 6.45) is 3.21. The van der Waals surface area contributed by atoms with Gasteiger partial charge in [-0.25, -0.2) is 4.79 Å². The first-order valence-corrected chi connectivity index (χ1v) is 9.94. The summed E-state index contributed by atoms with van der Waals surface area (Å²) in [5, 5.41) is 0. The molecule has 0 N–H and O–H groups in total. The topological polar surface area (TPSA) is 82.1 Å². The standard InChI is InChI=1S/C21H25N5O3/c1-14(17(27)15-10-6-4-7-11-15)26-16-18(23(2)21(29)24(3)19(16)28)22-20(26)25-12-8-5-9-13-25/h4,6-7,10-11,14H,5,8-9,12-13H2,1-3H3/t14-/m0/s1. The lowest BCUT2D eigenvalue weighted by atomic mass is 10.1. The lowest BCUT2D eigenvalue weighted by Gasteiger charge is -2.29. The molecule has 4 rings (SSSR count). The predicted octanol–water partition coefficient (Wildman–Crippen LogP) is 1.87. The quantitative estimate of drug-likeness (QED) is 0.630. The smallest absolute Gasteiger partial charge is 0.332 e. The number of rotatable bonds is 4. The Morgan fingerprint density at radius 3 is 2.31 bits per heavy atom. The second-order valence-electron chi connectivity index (χ2n) is 7.61. The van der Waals surface area contributed by atoms with Crippen molar-refractivity contribution in [2.45, 2.75) is 32.2 Å². The van der Waals surface area contributed by atoms with Crippen molar-refractivity contribution in [3.8, 4) is 0 Å². The van der Waals surface area contributed by atoms with E-state index in [0.29, 0.717) is 17.2 Å². The second-order valence-corrected chi connectivity index (χ2v) is 7.61. The number of nitrogens with zero attached hydrogens (tertiary/aromatic N) is 5. The summed E-state index contributed by atoms with van der Waals surface area (Å²) >= 11 is 0. The molecule has 3 aromatic rings. The third kappa shape index (κ3) is 3.08. The van der Waals surface area contributed by atoms with Crippen LogP contribution in [-0.2, 0) is 14.1 Å². The molecule has 1 aliphatic heterocycles. The van der Waals surface area contributed by atoms with Crippen molar-refractivity contribution in [2.75, 3.05) is 18.0 Å². The molecule has 0 radical (unpaired) electrons. The summed E-state index contributed by atoms with van der Waals surface area (Å²) in [6.45, 7) is 3.40. The Balaban J connectivity index is 1.98. The molecule has 0 saturated carbocycles. The Labute approximate surface area is 168 Å². The van der Waals surface area contributed by atoms with Gasteiger partial charge in [-0.05, 0) is 26.2 Å². The average molecular weight is 395 g/mol. The van der Waals surface area contributed by atoms with Crippen LogP contribution in [0.1, 0.15) is 42.6 Å². The fraction of sp³-hybridized carbons (Fsp3) is 0.429. The number of Topliss-reactive ketones (excluding diaryl/α,β-unsaturated/α-hetero) is 1. The summed E-state index contributed by atoms with van der Waals surface area (Å²) in [4.78, 5) is 45.5. The zero-order chi connectivity index (χ0) is 20.7. The van der Waals surface area contributed by atoms with Crippen LogP contribution in [0, 0.1) is 0 Å². The molecule has 1 saturated heterocycles. The Morgan fingerprint density at radius 2 is 1.66 bits per heavy atom. The number of piperidine rings is 1. The van der Waals surface area contributed by atoms with Crippen molar-refractivity contribution in [3.05, 3.63) is 56.7 Å². The molecule has 0 bridgehead atoms. The summed E-state index contributed by atoms with van der Waals surface area (Å²) < 4.78 is 4.17. The van der Waals surface area contributed by atoms with Gasteiger partial charge >= 0.3 is 5.69 Å². The van der Waals surface area contributed by atoms with E-state index >= 15 is 0 Å². The number of imidazole rings is 1. The van der Waals surface area contributed by atoms with E-state index in [4.69, 9.17) is 0 Å². The normalized spacial score (nSPS) is 15.6. The number of anilines is 1. The van der Waals surface area contributed by atoms with Crippen LogP contribution >= 0.6 is 0 Å². The van der Waals surface area contributed by atoms with Gasteiger partial charge in [0, 0.05) is 32.7 Å². The van der Waals surface area contributed by atoms with E-state index in [2.05, 4.69) is 9.88 Å². The number of aromatic nitrogens is 4. The number of carbonyl (C=O) groups excluding carboxylic acids is 1. The highest BCUT2D eigenvalue weighted by molar-refractivity contribution is 5.99. The number of carbonyl (C=O) groups is 1. The van der Waals surface area contributed by atoms with Gasteiger partial charge in [0.05, 0.1) is 6.04 Å². The van der Waals surface area contributed by atoms with Crippen LogP contribution in [0.3, 0.4) is 0 Å². The average Bonchev–Trinajstić information content (AvgIpc) is 3.17. The van der Waals surface area contributed by atoms with Gasteiger partial charge in [0.25, 0.3) is 5.56 Å². The number of benzene rings is 1. The zero-order valence-electron chi connectivity index (χ0n) is 17.0. The lowest BCUT2D eigenvalue weighted by molar-refractivity contribution is 0.0937. The molecule has 1 aromatic carbocycles. The molecule has 8 nitrogen and oxygen atoms in total. The van der Waals surface area contributed by atoms with Gasteiger partial charge in [-0.2, -0.15) is 4.98 Å². The Morgan fingerprint density at radius 1 is 1.00 bits per heavy atom. The number of aryl methyl sites for hydroxylation is 1. The molecule has 0 aliphatic carbocycles. The second kappa shape index (κ2) is 7.35. The largest absolute Gasteiger partial charge is 0.342 e. The molecule has 3 heterocycles. The highest BCUT2D eigenvalue weighted by atomic mass is 16.2. The first-order valence-electron chi connectivity index (χ1n) is 9.94. The minimum absolute atomic E-state index is 0.0981. The van der Waals surface area contributed by atoms with Gasteiger partial charge < -0.3 is 4.90 Å². The molecule has 152 valence electrons. The van der Waals surface area contributed by atoms with Gasteiger partial charge in [-0.1, -0.05) is 30.3 Å². The monoisotopic (exact) mass is 395 g/mol. The minimum Gasteiger partial charge on any atom is -0.342 e. The molecule has 0 amide bonds. The summed E-state index contributed by atoms with van der Waals surface area (Å²) in [5.41, 5.74) is 0.303. The van der Waals surface area contributed by atoms with E-state index in [1.165, 1.54) is 11.6 Å². The highest BCUT2D eigenvalue weighted by Gasteiger charge is 2.29. The van der Waals surface area contributed by atoms with Crippen LogP contribution in [0.2, 0.25) is 0 Å². The van der Waals surface area contributed by atoms with Crippen LogP contribution in [-0.4, -0.2) is 37.6 Å². The molecule has 0 spiro atoms. The van der Waals surface area contributed by atoms with Crippen molar-refractivity contribution in [3.63, 3.8) is 0 Å². The molecule has 2 aromatic heterocycles. The number of fused-ring (bicyclic) bond motifs is 1. The Hall–Kier alpha value is -3.16. The van der Waals surface area contributed by atoms with E-state index in [-0.39, 0.29) is 11.3 Å². The van der Waals surface area contributed by atoms with Gasteiger partial charge in [-0.3, -0.25) is 23.3 Å². The molecular weight excluding hydrogens is 370 g/mol. The molecule has 1 aliphatic rings. The van der Waals surface area contributed by atoms with E-state index in [1.807, 2.05) is 18.2 Å². The van der Waals surface area contributed by atoms with Crippen LogP contribution in [0.4, 0.5) is 5.95 Å². The van der Waals surface area contributed by atoms with Gasteiger partial charge in [0.15, 0.2) is 16.9 Å².